The van der Waals surface area contributed by atoms with Crippen LogP contribution in [0.4, 0.5) is 4.79 Å². The summed E-state index contributed by atoms with van der Waals surface area (Å²) >= 11 is 6.29. The highest BCUT2D eigenvalue weighted by atomic mass is 35.5. The molecule has 2 aromatic carbocycles. The highest BCUT2D eigenvalue weighted by Crippen LogP contribution is 2.26. The Morgan fingerprint density at radius 1 is 1.14 bits per heavy atom. The molecule has 1 N–H and O–H groups in total. The van der Waals surface area contributed by atoms with E-state index in [2.05, 4.69) is 10.3 Å². The normalized spacial score (nSPS) is 15.2. The summed E-state index contributed by atoms with van der Waals surface area (Å²) in [5.74, 6) is 0.310. The molecular formula is C22H18ClN3O3. The molecule has 0 atom stereocenters. The Bertz CT molecular complexity index is 1130. The van der Waals surface area contributed by atoms with E-state index >= 15 is 0 Å². The van der Waals surface area contributed by atoms with Crippen LogP contribution in [0.15, 0.2) is 60.3 Å². The number of methoxy groups -OCH3 is 1. The SMILES string of the molecule is COc1ccc2nc(Cl)c(/C=C3\NC(=O)N(CCc4ccccc4)C3=O)cc2c1. The lowest BCUT2D eigenvalue weighted by molar-refractivity contribution is -0.122. The summed E-state index contributed by atoms with van der Waals surface area (Å²) in [6.45, 7) is 0.299. The molecule has 1 aromatic heterocycles. The molecule has 29 heavy (non-hydrogen) atoms. The van der Waals surface area contributed by atoms with Crippen LogP contribution in [-0.2, 0) is 11.2 Å². The highest BCUT2D eigenvalue weighted by molar-refractivity contribution is 6.31. The van der Waals surface area contributed by atoms with Crippen LogP contribution in [0.1, 0.15) is 11.1 Å². The van der Waals surface area contributed by atoms with Gasteiger partial charge in [-0.15, -0.1) is 0 Å². The summed E-state index contributed by atoms with van der Waals surface area (Å²) in [5, 5.41) is 3.69. The van der Waals surface area contributed by atoms with Crippen LogP contribution in [0.3, 0.4) is 0 Å². The summed E-state index contributed by atoms with van der Waals surface area (Å²) in [6.07, 6.45) is 2.14. The van der Waals surface area contributed by atoms with Gasteiger partial charge in [-0.25, -0.2) is 9.78 Å². The van der Waals surface area contributed by atoms with Crippen molar-refractivity contribution in [2.24, 2.45) is 0 Å². The fourth-order valence-corrected chi connectivity index (χ4v) is 3.39. The average molecular weight is 408 g/mol. The summed E-state index contributed by atoms with van der Waals surface area (Å²) < 4.78 is 5.24. The maximum atomic E-state index is 12.7. The van der Waals surface area contributed by atoms with E-state index in [-0.39, 0.29) is 16.8 Å². The number of pyridine rings is 1. The van der Waals surface area contributed by atoms with E-state index in [4.69, 9.17) is 16.3 Å². The number of halogens is 1. The number of ether oxygens (including phenoxy) is 1. The second kappa shape index (κ2) is 7.93. The van der Waals surface area contributed by atoms with E-state index in [1.807, 2.05) is 48.5 Å². The van der Waals surface area contributed by atoms with Gasteiger partial charge in [0.1, 0.15) is 16.6 Å². The molecule has 1 saturated heterocycles. The molecular weight excluding hydrogens is 390 g/mol. The lowest BCUT2D eigenvalue weighted by atomic mass is 10.1. The first-order valence-electron chi connectivity index (χ1n) is 9.08. The van der Waals surface area contributed by atoms with Gasteiger partial charge in [-0.1, -0.05) is 41.9 Å². The molecule has 0 aliphatic carbocycles. The number of aromatic nitrogens is 1. The molecule has 146 valence electrons. The average Bonchev–Trinajstić information content (AvgIpc) is 3.00. The first kappa shape index (κ1) is 19.0. The number of nitrogens with zero attached hydrogens (tertiary/aromatic N) is 2. The zero-order valence-corrected chi connectivity index (χ0v) is 16.4. The second-order valence-electron chi connectivity index (χ2n) is 6.61. The predicted molar refractivity (Wildman–Crippen MR) is 112 cm³/mol. The summed E-state index contributed by atoms with van der Waals surface area (Å²) in [4.78, 5) is 30.5. The standard InChI is InChI=1S/C22H18ClN3O3/c1-29-17-7-8-18-15(12-17)11-16(20(23)24-18)13-19-21(27)26(22(28)25-19)10-9-14-5-3-2-4-6-14/h2-8,11-13H,9-10H2,1H3,(H,25,28)/b19-13-. The van der Waals surface area contributed by atoms with Gasteiger partial charge >= 0.3 is 6.03 Å². The third-order valence-electron chi connectivity index (χ3n) is 4.73. The first-order chi connectivity index (χ1) is 14.0. The first-order valence-corrected chi connectivity index (χ1v) is 9.46. The van der Waals surface area contributed by atoms with Crippen LogP contribution in [0.2, 0.25) is 5.15 Å². The molecule has 3 amide bonds. The van der Waals surface area contributed by atoms with Gasteiger partial charge in [-0.05, 0) is 42.3 Å². The molecule has 2 heterocycles. The number of carbonyl (C=O) groups is 2. The minimum absolute atomic E-state index is 0.175. The van der Waals surface area contributed by atoms with Crippen LogP contribution < -0.4 is 10.1 Å². The van der Waals surface area contributed by atoms with Crippen molar-refractivity contribution < 1.29 is 14.3 Å². The Morgan fingerprint density at radius 2 is 1.93 bits per heavy atom. The summed E-state index contributed by atoms with van der Waals surface area (Å²) in [6, 6.07) is 16.5. The maximum Gasteiger partial charge on any atom is 0.329 e. The van der Waals surface area contributed by atoms with E-state index in [0.29, 0.717) is 29.8 Å². The quantitative estimate of drug-likeness (QED) is 0.393. The highest BCUT2D eigenvalue weighted by Gasteiger charge is 2.33. The molecule has 0 bridgehead atoms. The van der Waals surface area contributed by atoms with Gasteiger partial charge in [0, 0.05) is 17.5 Å². The van der Waals surface area contributed by atoms with Gasteiger partial charge in [-0.2, -0.15) is 0 Å². The van der Waals surface area contributed by atoms with Crippen molar-refractivity contribution in [3.63, 3.8) is 0 Å². The van der Waals surface area contributed by atoms with Crippen LogP contribution in [0, 0.1) is 0 Å². The minimum Gasteiger partial charge on any atom is -0.497 e. The number of amides is 3. The van der Waals surface area contributed by atoms with E-state index in [0.717, 1.165) is 10.9 Å². The molecule has 1 aliphatic heterocycles. The third-order valence-corrected chi connectivity index (χ3v) is 5.03. The largest absolute Gasteiger partial charge is 0.497 e. The Morgan fingerprint density at radius 3 is 2.69 bits per heavy atom. The fourth-order valence-electron chi connectivity index (χ4n) is 3.19. The number of rotatable bonds is 5. The van der Waals surface area contributed by atoms with Crippen molar-refractivity contribution in [3.8, 4) is 5.75 Å². The summed E-state index contributed by atoms with van der Waals surface area (Å²) in [5.41, 5.74) is 2.49. The van der Waals surface area contributed by atoms with Gasteiger partial charge < -0.3 is 10.1 Å². The topological polar surface area (TPSA) is 71.5 Å². The Labute approximate surface area is 172 Å². The Balaban J connectivity index is 1.58. The number of carbonyl (C=O) groups excluding carboxylic acids is 2. The third kappa shape index (κ3) is 3.93. The van der Waals surface area contributed by atoms with Gasteiger partial charge in [0.05, 0.1) is 12.6 Å². The number of hydrogen-bond acceptors (Lipinski definition) is 4. The number of hydrogen-bond donors (Lipinski definition) is 1. The van der Waals surface area contributed by atoms with E-state index in [9.17, 15) is 9.59 Å². The van der Waals surface area contributed by atoms with Gasteiger partial charge in [0.15, 0.2) is 0 Å². The van der Waals surface area contributed by atoms with Crippen LogP contribution in [-0.4, -0.2) is 35.5 Å². The van der Waals surface area contributed by atoms with Crippen LogP contribution in [0.5, 0.6) is 5.75 Å². The minimum atomic E-state index is -0.441. The fraction of sp³-hybridized carbons (Fsp3) is 0.136. The number of nitrogens with one attached hydrogen (secondary N) is 1. The molecule has 0 spiro atoms. The van der Waals surface area contributed by atoms with Crippen molar-refractivity contribution in [1.29, 1.82) is 0 Å². The molecule has 0 unspecified atom stereocenters. The zero-order chi connectivity index (χ0) is 20.4. The smallest absolute Gasteiger partial charge is 0.329 e. The lowest BCUT2D eigenvalue weighted by Crippen LogP contribution is -2.32. The van der Waals surface area contributed by atoms with E-state index < -0.39 is 6.03 Å². The molecule has 7 heteroatoms. The van der Waals surface area contributed by atoms with Gasteiger partial charge in [0.2, 0.25) is 0 Å². The van der Waals surface area contributed by atoms with Crippen LogP contribution in [0.25, 0.3) is 17.0 Å². The summed E-state index contributed by atoms with van der Waals surface area (Å²) in [7, 11) is 1.59. The van der Waals surface area contributed by atoms with Crippen molar-refractivity contribution in [2.75, 3.05) is 13.7 Å². The molecule has 4 rings (SSSR count). The predicted octanol–water partition coefficient (Wildman–Crippen LogP) is 4.03. The molecule has 0 radical (unpaired) electrons. The van der Waals surface area contributed by atoms with Crippen molar-refractivity contribution in [2.45, 2.75) is 6.42 Å². The monoisotopic (exact) mass is 407 g/mol. The number of imide groups is 1. The van der Waals surface area contributed by atoms with Crippen LogP contribution >= 0.6 is 11.6 Å². The zero-order valence-electron chi connectivity index (χ0n) is 15.7. The number of urea groups is 1. The molecule has 6 nitrogen and oxygen atoms in total. The molecule has 3 aromatic rings. The second-order valence-corrected chi connectivity index (χ2v) is 6.97. The number of fused-ring (bicyclic) bond motifs is 1. The Hall–Kier alpha value is -3.38. The molecule has 1 fully saturated rings. The maximum absolute atomic E-state index is 12.7. The van der Waals surface area contributed by atoms with Crippen molar-refractivity contribution in [3.05, 3.63) is 76.6 Å². The molecule has 0 saturated carbocycles. The van der Waals surface area contributed by atoms with E-state index in [1.54, 1.807) is 19.3 Å². The number of benzene rings is 2. The van der Waals surface area contributed by atoms with E-state index in [1.165, 1.54) is 4.90 Å². The molecule has 1 aliphatic rings. The van der Waals surface area contributed by atoms with Gasteiger partial charge in [-0.3, -0.25) is 9.69 Å². The van der Waals surface area contributed by atoms with Crippen molar-refractivity contribution >= 4 is 40.5 Å². The van der Waals surface area contributed by atoms with Crippen molar-refractivity contribution in [1.82, 2.24) is 15.2 Å². The van der Waals surface area contributed by atoms with Gasteiger partial charge in [0.25, 0.3) is 5.91 Å². The lowest BCUT2D eigenvalue weighted by Gasteiger charge is -2.11. The Kier molecular flexibility index (Phi) is 5.18.